The average molecular weight is 354 g/mol. The Morgan fingerprint density at radius 2 is 1.92 bits per heavy atom. The van der Waals surface area contributed by atoms with E-state index in [0.717, 1.165) is 58.2 Å². The number of hydrogen-bond acceptors (Lipinski definition) is 4. The van der Waals surface area contributed by atoms with E-state index in [1.165, 1.54) is 19.3 Å². The van der Waals surface area contributed by atoms with Crippen molar-refractivity contribution in [3.05, 3.63) is 0 Å². The summed E-state index contributed by atoms with van der Waals surface area (Å²) >= 11 is 0. The largest absolute Gasteiger partial charge is 0.444 e. The molecule has 7 heteroatoms. The van der Waals surface area contributed by atoms with E-state index in [1.54, 1.807) is 4.90 Å². The highest BCUT2D eigenvalue weighted by molar-refractivity contribution is 5.77. The van der Waals surface area contributed by atoms with Crippen LogP contribution in [0, 0.1) is 5.92 Å². The van der Waals surface area contributed by atoms with E-state index >= 15 is 0 Å². The highest BCUT2D eigenvalue weighted by Gasteiger charge is 2.25. The third-order valence-electron chi connectivity index (χ3n) is 4.73. The highest BCUT2D eigenvalue weighted by atomic mass is 16.6. The van der Waals surface area contributed by atoms with Crippen molar-refractivity contribution in [2.45, 2.75) is 52.1 Å². The summed E-state index contributed by atoms with van der Waals surface area (Å²) in [4.78, 5) is 20.6. The van der Waals surface area contributed by atoms with Crippen LogP contribution in [-0.2, 0) is 4.74 Å². The van der Waals surface area contributed by atoms with Crippen molar-refractivity contribution in [1.82, 2.24) is 15.1 Å². The van der Waals surface area contributed by atoms with Gasteiger partial charge in [0.25, 0.3) is 0 Å². The van der Waals surface area contributed by atoms with Gasteiger partial charge in [0, 0.05) is 39.3 Å². The third-order valence-corrected chi connectivity index (χ3v) is 4.73. The number of nitrogens with two attached hydrogens (primary N) is 1. The Balaban J connectivity index is 1.54. The van der Waals surface area contributed by atoms with E-state index < -0.39 is 5.60 Å². The van der Waals surface area contributed by atoms with Gasteiger partial charge in [0.2, 0.25) is 0 Å². The van der Waals surface area contributed by atoms with Gasteiger partial charge in [-0.2, -0.15) is 0 Å². The summed E-state index contributed by atoms with van der Waals surface area (Å²) in [7, 11) is 0. The Bertz CT molecular complexity index is 449. The van der Waals surface area contributed by atoms with Crippen molar-refractivity contribution in [2.24, 2.45) is 16.6 Å². The molecular weight excluding hydrogens is 318 g/mol. The van der Waals surface area contributed by atoms with Gasteiger partial charge in [-0.05, 0) is 52.5 Å². The fourth-order valence-electron chi connectivity index (χ4n) is 2.96. The van der Waals surface area contributed by atoms with Crippen LogP contribution >= 0.6 is 0 Å². The van der Waals surface area contributed by atoms with Gasteiger partial charge < -0.3 is 20.7 Å². The second kappa shape index (κ2) is 9.27. The van der Waals surface area contributed by atoms with Crippen molar-refractivity contribution in [2.75, 3.05) is 45.8 Å². The van der Waals surface area contributed by atoms with Crippen molar-refractivity contribution in [3.8, 4) is 0 Å². The highest BCUT2D eigenvalue weighted by Crippen LogP contribution is 2.26. The molecule has 0 atom stereocenters. The zero-order valence-electron chi connectivity index (χ0n) is 16.1. The summed E-state index contributed by atoms with van der Waals surface area (Å²) in [5.41, 5.74) is 5.46. The molecule has 0 aromatic carbocycles. The maximum absolute atomic E-state index is 12.0. The Hall–Kier alpha value is -1.50. The number of aliphatic imine (C=N–C) groups is 1. The molecular formula is C18H35N5O2. The SMILES string of the molecule is CC(C)(C)OC(=O)N1CCN(CCCNC(N)=NCC2CCC2)CC1. The van der Waals surface area contributed by atoms with Crippen molar-refractivity contribution in [3.63, 3.8) is 0 Å². The number of amides is 1. The number of piperazine rings is 1. The minimum Gasteiger partial charge on any atom is -0.444 e. The van der Waals surface area contributed by atoms with Crippen LogP contribution in [0.25, 0.3) is 0 Å². The average Bonchev–Trinajstić information content (AvgIpc) is 2.49. The molecule has 3 N–H and O–H groups in total. The molecule has 144 valence electrons. The van der Waals surface area contributed by atoms with E-state index in [0.29, 0.717) is 5.96 Å². The summed E-state index contributed by atoms with van der Waals surface area (Å²) in [6.07, 6.45) is 4.75. The van der Waals surface area contributed by atoms with Gasteiger partial charge in [-0.1, -0.05) is 6.42 Å². The molecule has 0 aromatic rings. The zero-order chi connectivity index (χ0) is 18.3. The van der Waals surface area contributed by atoms with Crippen LogP contribution in [0.2, 0.25) is 0 Å². The summed E-state index contributed by atoms with van der Waals surface area (Å²) in [5, 5.41) is 3.20. The van der Waals surface area contributed by atoms with E-state index in [4.69, 9.17) is 10.5 Å². The summed E-state index contributed by atoms with van der Waals surface area (Å²) in [6, 6.07) is 0. The second-order valence-electron chi connectivity index (χ2n) is 8.11. The van der Waals surface area contributed by atoms with E-state index in [2.05, 4.69) is 15.2 Å². The maximum atomic E-state index is 12.0. The van der Waals surface area contributed by atoms with Gasteiger partial charge in [-0.3, -0.25) is 9.89 Å². The molecule has 1 heterocycles. The molecule has 1 amide bonds. The predicted molar refractivity (Wildman–Crippen MR) is 101 cm³/mol. The predicted octanol–water partition coefficient (Wildman–Crippen LogP) is 1.63. The van der Waals surface area contributed by atoms with E-state index in [9.17, 15) is 4.79 Å². The first-order valence-corrected chi connectivity index (χ1v) is 9.57. The molecule has 2 rings (SSSR count). The monoisotopic (exact) mass is 353 g/mol. The van der Waals surface area contributed by atoms with Gasteiger partial charge in [-0.15, -0.1) is 0 Å². The number of carbonyl (C=O) groups excluding carboxylic acids is 1. The topological polar surface area (TPSA) is 83.2 Å². The third kappa shape index (κ3) is 7.50. The molecule has 1 aliphatic heterocycles. The molecule has 1 saturated carbocycles. The molecule has 1 aliphatic carbocycles. The van der Waals surface area contributed by atoms with Gasteiger partial charge in [-0.25, -0.2) is 4.79 Å². The molecule has 0 radical (unpaired) electrons. The van der Waals surface area contributed by atoms with Crippen LogP contribution in [0.3, 0.4) is 0 Å². The quantitative estimate of drug-likeness (QED) is 0.431. The first-order chi connectivity index (χ1) is 11.8. The number of guanidine groups is 1. The van der Waals surface area contributed by atoms with Crippen LogP contribution in [0.15, 0.2) is 4.99 Å². The zero-order valence-corrected chi connectivity index (χ0v) is 16.1. The standard InChI is InChI=1S/C18H35N5O2/c1-18(2,3)25-17(24)23-12-10-22(11-13-23)9-5-8-20-16(19)21-14-15-6-4-7-15/h15H,4-14H2,1-3H3,(H3,19,20,21). The van der Waals surface area contributed by atoms with Gasteiger partial charge in [0.1, 0.15) is 5.60 Å². The summed E-state index contributed by atoms with van der Waals surface area (Å²) in [5.74, 6) is 1.32. The molecule has 0 aromatic heterocycles. The smallest absolute Gasteiger partial charge is 0.410 e. The van der Waals surface area contributed by atoms with Crippen LogP contribution in [0.1, 0.15) is 46.5 Å². The lowest BCUT2D eigenvalue weighted by molar-refractivity contribution is 0.0145. The minimum atomic E-state index is -0.431. The maximum Gasteiger partial charge on any atom is 0.410 e. The van der Waals surface area contributed by atoms with Gasteiger partial charge >= 0.3 is 6.09 Å². The lowest BCUT2D eigenvalue weighted by Gasteiger charge is -2.35. The van der Waals surface area contributed by atoms with Crippen molar-refractivity contribution >= 4 is 12.1 Å². The summed E-state index contributed by atoms with van der Waals surface area (Å²) < 4.78 is 5.42. The first kappa shape index (κ1) is 19.8. The number of nitrogens with zero attached hydrogens (tertiary/aromatic N) is 3. The lowest BCUT2D eigenvalue weighted by Crippen LogP contribution is -2.50. The Labute approximate surface area is 152 Å². The fourth-order valence-corrected chi connectivity index (χ4v) is 2.96. The Morgan fingerprint density at radius 3 is 2.48 bits per heavy atom. The second-order valence-corrected chi connectivity index (χ2v) is 8.11. The normalized spacial score (nSPS) is 20.3. The molecule has 2 aliphatic rings. The molecule has 0 spiro atoms. The van der Waals surface area contributed by atoms with Crippen LogP contribution in [0.5, 0.6) is 0 Å². The van der Waals surface area contributed by atoms with Gasteiger partial charge in [0.05, 0.1) is 0 Å². The first-order valence-electron chi connectivity index (χ1n) is 9.57. The van der Waals surface area contributed by atoms with E-state index in [-0.39, 0.29) is 6.09 Å². The molecule has 0 unspecified atom stereocenters. The van der Waals surface area contributed by atoms with Crippen LogP contribution < -0.4 is 11.1 Å². The number of ether oxygens (including phenoxy) is 1. The minimum absolute atomic E-state index is 0.204. The lowest BCUT2D eigenvalue weighted by atomic mass is 9.86. The number of hydrogen-bond donors (Lipinski definition) is 2. The number of carbonyl (C=O) groups is 1. The van der Waals surface area contributed by atoms with Crippen LogP contribution in [-0.4, -0.2) is 73.3 Å². The Morgan fingerprint density at radius 1 is 1.24 bits per heavy atom. The fraction of sp³-hybridized carbons (Fsp3) is 0.889. The number of rotatable bonds is 6. The Kier molecular flexibility index (Phi) is 7.35. The van der Waals surface area contributed by atoms with E-state index in [1.807, 2.05) is 20.8 Å². The van der Waals surface area contributed by atoms with Gasteiger partial charge in [0.15, 0.2) is 5.96 Å². The summed E-state index contributed by atoms with van der Waals surface area (Å²) in [6.45, 7) is 11.7. The van der Waals surface area contributed by atoms with Crippen molar-refractivity contribution in [1.29, 1.82) is 0 Å². The van der Waals surface area contributed by atoms with Crippen LogP contribution in [0.4, 0.5) is 4.79 Å². The molecule has 7 nitrogen and oxygen atoms in total. The molecule has 25 heavy (non-hydrogen) atoms. The van der Waals surface area contributed by atoms with Crippen molar-refractivity contribution < 1.29 is 9.53 Å². The molecule has 1 saturated heterocycles. The number of nitrogens with one attached hydrogen (secondary N) is 1. The molecule has 2 fully saturated rings. The molecule has 0 bridgehead atoms.